The second kappa shape index (κ2) is 15.1. The number of nitrogens with one attached hydrogen (secondary N) is 1. The fourth-order valence-corrected chi connectivity index (χ4v) is 9.00. The molecule has 0 heterocycles. The fourth-order valence-electron chi connectivity index (χ4n) is 4.75. The summed E-state index contributed by atoms with van der Waals surface area (Å²) >= 11 is 0. The Bertz CT molecular complexity index is 1270. The predicted molar refractivity (Wildman–Crippen MR) is 173 cm³/mol. The second-order valence-electron chi connectivity index (χ2n) is 11.1. The minimum Gasteiger partial charge on any atom is -0.465 e. The van der Waals surface area contributed by atoms with Crippen molar-refractivity contribution >= 4 is 31.9 Å². The Morgan fingerprint density at radius 2 is 1.45 bits per heavy atom. The van der Waals surface area contributed by atoms with Gasteiger partial charge in [-0.1, -0.05) is 118 Å². The molecule has 3 aromatic rings. The van der Waals surface area contributed by atoms with Crippen molar-refractivity contribution in [3.8, 4) is 0 Å². The third-order valence-corrected chi connectivity index (χ3v) is 11.9. The van der Waals surface area contributed by atoms with Crippen LogP contribution < -0.4 is 15.7 Å². The number of carbonyl (C=O) groups excluding carboxylic acids is 1. The van der Waals surface area contributed by atoms with E-state index >= 15 is 4.57 Å². The molecule has 1 unspecified atom stereocenters. The number of hydrogen-bond acceptors (Lipinski definition) is 3. The molecule has 3 rings (SSSR count). The Labute approximate surface area is 242 Å². The van der Waals surface area contributed by atoms with E-state index < -0.39 is 15.4 Å². The van der Waals surface area contributed by atoms with Crippen LogP contribution in [0.5, 0.6) is 0 Å². The van der Waals surface area contributed by atoms with Gasteiger partial charge >= 0.3 is 5.97 Å². The first kappa shape index (κ1) is 31.5. The molecule has 0 aliphatic carbocycles. The molecule has 0 bridgehead atoms. The normalized spacial score (nSPS) is 13.4. The number of rotatable bonds is 14. The number of esters is 1. The first-order valence-electron chi connectivity index (χ1n) is 14.2. The summed E-state index contributed by atoms with van der Waals surface area (Å²) in [6, 6.07) is 26.5. The molecule has 0 radical (unpaired) electrons. The lowest BCUT2D eigenvalue weighted by Gasteiger charge is -2.34. The van der Waals surface area contributed by atoms with Gasteiger partial charge in [-0.2, -0.15) is 0 Å². The molecule has 1 atom stereocenters. The molecular weight excluding hydrogens is 529 g/mol. The summed E-state index contributed by atoms with van der Waals surface area (Å²) in [5.74, 6) is -0.373. The zero-order chi connectivity index (χ0) is 29.0. The van der Waals surface area contributed by atoms with E-state index in [1.54, 1.807) is 12.1 Å². The van der Waals surface area contributed by atoms with E-state index in [0.717, 1.165) is 22.6 Å². The summed E-state index contributed by atoms with van der Waals surface area (Å²) in [6.07, 6.45) is 12.6. The molecule has 0 saturated heterocycles. The molecule has 0 saturated carbocycles. The molecule has 0 spiro atoms. The molecule has 6 heteroatoms. The van der Waals surface area contributed by atoms with E-state index in [1.165, 1.54) is 38.0 Å². The molecule has 1 N–H and O–H groups in total. The average molecular weight is 574 g/mol. The largest absolute Gasteiger partial charge is 0.465 e. The van der Waals surface area contributed by atoms with E-state index in [9.17, 15) is 4.79 Å². The first-order chi connectivity index (χ1) is 19.2. The summed E-state index contributed by atoms with van der Waals surface area (Å²) in [4.78, 5) is 12.2. The SMILES string of the molecule is CCCCCC/C=C/C=C(/C(NP(=O)(c1ccccc1)c1ccccc1)c1ccc(C(=O)OC)cc1)[Si](C)(C)C. The Balaban J connectivity index is 2.12. The van der Waals surface area contributed by atoms with Gasteiger partial charge in [0.25, 0.3) is 0 Å². The van der Waals surface area contributed by atoms with Crippen molar-refractivity contribution in [1.82, 2.24) is 5.09 Å². The molecule has 0 fully saturated rings. The van der Waals surface area contributed by atoms with Crippen LogP contribution in [0.15, 0.2) is 108 Å². The van der Waals surface area contributed by atoms with Crippen molar-refractivity contribution < 1.29 is 14.1 Å². The van der Waals surface area contributed by atoms with Crippen LogP contribution in [-0.4, -0.2) is 21.2 Å². The van der Waals surface area contributed by atoms with Crippen molar-refractivity contribution in [2.75, 3.05) is 7.11 Å². The molecule has 0 aliphatic rings. The average Bonchev–Trinajstić information content (AvgIpc) is 2.97. The molecule has 40 heavy (non-hydrogen) atoms. The molecular formula is C34H44NO3PSi. The Morgan fingerprint density at radius 1 is 0.875 bits per heavy atom. The number of carbonyl (C=O) groups is 1. The Morgan fingerprint density at radius 3 is 1.95 bits per heavy atom. The second-order valence-corrected chi connectivity index (χ2v) is 18.7. The van der Waals surface area contributed by atoms with Gasteiger partial charge in [-0.15, -0.1) is 0 Å². The quantitative estimate of drug-likeness (QED) is 0.0692. The van der Waals surface area contributed by atoms with Crippen LogP contribution in [0, 0.1) is 0 Å². The third-order valence-electron chi connectivity index (χ3n) is 7.03. The van der Waals surface area contributed by atoms with Crippen LogP contribution in [0.25, 0.3) is 0 Å². The van der Waals surface area contributed by atoms with E-state index in [-0.39, 0.29) is 12.0 Å². The first-order valence-corrected chi connectivity index (χ1v) is 19.5. The molecule has 0 amide bonds. The van der Waals surface area contributed by atoms with E-state index in [2.05, 4.69) is 49.9 Å². The lowest BCUT2D eigenvalue weighted by Crippen LogP contribution is -2.37. The lowest BCUT2D eigenvalue weighted by atomic mass is 10.0. The highest BCUT2D eigenvalue weighted by Crippen LogP contribution is 2.45. The van der Waals surface area contributed by atoms with Crippen molar-refractivity contribution in [2.45, 2.75) is 64.7 Å². The van der Waals surface area contributed by atoms with Gasteiger partial charge in [-0.25, -0.2) is 9.88 Å². The Kier molecular flexibility index (Phi) is 11.9. The van der Waals surface area contributed by atoms with Gasteiger partial charge in [0.2, 0.25) is 7.29 Å². The molecule has 212 valence electrons. The molecule has 0 aliphatic heterocycles. The summed E-state index contributed by atoms with van der Waals surface area (Å²) < 4.78 is 20.0. The zero-order valence-electron chi connectivity index (χ0n) is 24.6. The van der Waals surface area contributed by atoms with Crippen LogP contribution in [0.3, 0.4) is 0 Å². The van der Waals surface area contributed by atoms with E-state index in [0.29, 0.717) is 5.56 Å². The van der Waals surface area contributed by atoms with Gasteiger partial charge in [0.15, 0.2) is 0 Å². The van der Waals surface area contributed by atoms with Gasteiger partial charge < -0.3 is 4.74 Å². The number of allylic oxidation sites excluding steroid dienone is 3. The highest BCUT2D eigenvalue weighted by atomic mass is 31.2. The van der Waals surface area contributed by atoms with Gasteiger partial charge in [0.1, 0.15) is 0 Å². The minimum atomic E-state index is -3.25. The van der Waals surface area contributed by atoms with Crippen molar-refractivity contribution in [2.24, 2.45) is 0 Å². The highest BCUT2D eigenvalue weighted by molar-refractivity contribution is 7.76. The maximum absolute atomic E-state index is 15.1. The number of ether oxygens (including phenoxy) is 1. The summed E-state index contributed by atoms with van der Waals surface area (Å²) in [5.41, 5.74) is 1.45. The van der Waals surface area contributed by atoms with Crippen molar-refractivity contribution in [3.63, 3.8) is 0 Å². The van der Waals surface area contributed by atoms with E-state index in [1.807, 2.05) is 72.8 Å². The minimum absolute atomic E-state index is 0.311. The van der Waals surface area contributed by atoms with Gasteiger partial charge in [0.05, 0.1) is 26.8 Å². The predicted octanol–water partition coefficient (Wildman–Crippen LogP) is 8.36. The van der Waals surface area contributed by atoms with Crippen molar-refractivity contribution in [3.05, 3.63) is 119 Å². The van der Waals surface area contributed by atoms with Crippen molar-refractivity contribution in [1.29, 1.82) is 0 Å². The van der Waals surface area contributed by atoms with Gasteiger partial charge in [0, 0.05) is 10.6 Å². The lowest BCUT2D eigenvalue weighted by molar-refractivity contribution is 0.0600. The topological polar surface area (TPSA) is 55.4 Å². The molecule has 0 aromatic heterocycles. The molecule has 4 nitrogen and oxygen atoms in total. The maximum Gasteiger partial charge on any atom is 0.337 e. The third kappa shape index (κ3) is 8.51. The number of unbranched alkanes of at least 4 members (excludes halogenated alkanes) is 4. The number of hydrogen-bond donors (Lipinski definition) is 1. The van der Waals surface area contributed by atoms with Gasteiger partial charge in [-0.05, 0) is 54.8 Å². The highest BCUT2D eigenvalue weighted by Gasteiger charge is 2.35. The van der Waals surface area contributed by atoms with Crippen LogP contribution in [0.4, 0.5) is 0 Å². The number of methoxy groups -OCH3 is 1. The smallest absolute Gasteiger partial charge is 0.337 e. The Hall–Kier alpha value is -2.98. The standard InChI is InChI=1S/C34H44NO3PSi/c1-6-7-8-9-10-11-18-23-32(40(3,4)5)33(28-24-26-29(27-25-28)34(36)38-2)35-39(37,30-19-14-12-15-20-30)31-21-16-13-17-22-31/h11-27,33H,6-10H2,1-5H3,(H,35,37)/b18-11+,32-23-. The van der Waals surface area contributed by atoms with Gasteiger partial charge in [-0.3, -0.25) is 4.57 Å². The molecule has 3 aromatic carbocycles. The summed E-state index contributed by atoms with van der Waals surface area (Å²) in [7, 11) is -3.78. The monoisotopic (exact) mass is 573 g/mol. The number of benzene rings is 3. The van der Waals surface area contributed by atoms with E-state index in [4.69, 9.17) is 4.74 Å². The maximum atomic E-state index is 15.1. The summed E-state index contributed by atoms with van der Waals surface area (Å²) in [5, 5.41) is 6.46. The van der Waals surface area contributed by atoms with Crippen LogP contribution >= 0.6 is 7.29 Å². The zero-order valence-corrected chi connectivity index (χ0v) is 26.5. The van der Waals surface area contributed by atoms with Crippen LogP contribution in [0.1, 0.15) is 61.0 Å². The van der Waals surface area contributed by atoms with Crippen LogP contribution in [0.2, 0.25) is 19.6 Å². The fraction of sp³-hybridized carbons (Fsp3) is 0.324. The summed E-state index contributed by atoms with van der Waals surface area (Å²) in [6.45, 7) is 9.19. The van der Waals surface area contributed by atoms with Crippen LogP contribution in [-0.2, 0) is 9.30 Å².